The van der Waals surface area contributed by atoms with Gasteiger partial charge in [-0.2, -0.15) is 0 Å². The fourth-order valence-electron chi connectivity index (χ4n) is 2.76. The van der Waals surface area contributed by atoms with Crippen LogP contribution in [0.4, 0.5) is 5.69 Å². The van der Waals surface area contributed by atoms with Crippen molar-refractivity contribution in [2.75, 3.05) is 31.5 Å². The molecule has 1 aromatic carbocycles. The lowest BCUT2D eigenvalue weighted by Gasteiger charge is -2.29. The number of carbonyl (C=O) groups is 1. The van der Waals surface area contributed by atoms with Gasteiger partial charge in [0.05, 0.1) is 0 Å². The van der Waals surface area contributed by atoms with Crippen LogP contribution in [0.2, 0.25) is 0 Å². The van der Waals surface area contributed by atoms with Crippen molar-refractivity contribution in [1.29, 1.82) is 0 Å². The summed E-state index contributed by atoms with van der Waals surface area (Å²) < 4.78 is 0. The molecule has 1 fully saturated rings. The molecule has 1 aromatic rings. The van der Waals surface area contributed by atoms with E-state index in [0.29, 0.717) is 5.92 Å². The Morgan fingerprint density at radius 1 is 1.20 bits per heavy atom. The fraction of sp³-hybridized carbons (Fsp3) is 0.588. The maximum atomic E-state index is 11.2. The molecule has 3 nitrogen and oxygen atoms in total. The zero-order chi connectivity index (χ0) is 14.4. The Morgan fingerprint density at radius 2 is 1.85 bits per heavy atom. The largest absolute Gasteiger partial charge is 0.385 e. The molecular weight excluding hydrogens is 248 g/mol. The number of benzene rings is 1. The summed E-state index contributed by atoms with van der Waals surface area (Å²) in [7, 11) is 0. The molecule has 1 atom stereocenters. The van der Waals surface area contributed by atoms with Crippen LogP contribution in [0.25, 0.3) is 0 Å². The Hall–Kier alpha value is -1.35. The minimum atomic E-state index is 0.120. The van der Waals surface area contributed by atoms with E-state index in [-0.39, 0.29) is 5.78 Å². The maximum Gasteiger partial charge on any atom is 0.159 e. The number of Topliss-reactive ketones (excluding diaryl/α,β-unsaturated/α-hetero) is 1. The lowest BCUT2D eigenvalue weighted by atomic mass is 10.1. The van der Waals surface area contributed by atoms with E-state index in [2.05, 4.69) is 17.1 Å². The van der Waals surface area contributed by atoms with Gasteiger partial charge in [-0.1, -0.05) is 13.3 Å². The van der Waals surface area contributed by atoms with Crippen molar-refractivity contribution in [3.63, 3.8) is 0 Å². The van der Waals surface area contributed by atoms with Gasteiger partial charge in [0, 0.05) is 24.3 Å². The first kappa shape index (κ1) is 15.0. The van der Waals surface area contributed by atoms with E-state index < -0.39 is 0 Å². The van der Waals surface area contributed by atoms with Gasteiger partial charge in [-0.15, -0.1) is 0 Å². The maximum absolute atomic E-state index is 11.2. The van der Waals surface area contributed by atoms with E-state index in [1.165, 1.54) is 38.9 Å². The molecule has 0 aliphatic carbocycles. The Labute approximate surface area is 122 Å². The van der Waals surface area contributed by atoms with Gasteiger partial charge in [-0.05, 0) is 63.0 Å². The molecular formula is C17H26N2O. The molecule has 1 aliphatic heterocycles. The van der Waals surface area contributed by atoms with Crippen LogP contribution in [-0.4, -0.2) is 36.9 Å². The van der Waals surface area contributed by atoms with Gasteiger partial charge in [0.1, 0.15) is 0 Å². The highest BCUT2D eigenvalue weighted by atomic mass is 16.1. The number of anilines is 1. The van der Waals surface area contributed by atoms with Crippen LogP contribution >= 0.6 is 0 Å². The summed E-state index contributed by atoms with van der Waals surface area (Å²) in [5.74, 6) is 0.760. The van der Waals surface area contributed by atoms with E-state index in [1.807, 2.05) is 24.3 Å². The standard InChI is InChI=1S/C17H26N2O/c1-14(13-19-10-4-3-5-11-19)12-18-17-8-6-16(7-9-17)15(2)20/h6-9,14,18H,3-5,10-13H2,1-2H3. The summed E-state index contributed by atoms with van der Waals surface area (Å²) in [5.41, 5.74) is 1.87. The van der Waals surface area contributed by atoms with E-state index in [1.54, 1.807) is 6.92 Å². The molecule has 1 heterocycles. The number of rotatable bonds is 6. The molecule has 0 bridgehead atoms. The van der Waals surface area contributed by atoms with Crippen LogP contribution < -0.4 is 5.32 Å². The molecule has 0 amide bonds. The van der Waals surface area contributed by atoms with Crippen molar-refractivity contribution in [3.05, 3.63) is 29.8 Å². The number of hydrogen-bond acceptors (Lipinski definition) is 3. The Kier molecular flexibility index (Phi) is 5.60. The van der Waals surface area contributed by atoms with Gasteiger partial charge in [0.25, 0.3) is 0 Å². The first-order valence-corrected chi connectivity index (χ1v) is 7.72. The number of nitrogens with one attached hydrogen (secondary N) is 1. The first-order valence-electron chi connectivity index (χ1n) is 7.72. The highest BCUT2D eigenvalue weighted by Gasteiger charge is 2.13. The minimum absolute atomic E-state index is 0.120. The summed E-state index contributed by atoms with van der Waals surface area (Å²) in [6.07, 6.45) is 4.10. The van der Waals surface area contributed by atoms with Crippen LogP contribution in [-0.2, 0) is 0 Å². The van der Waals surface area contributed by atoms with Crippen molar-refractivity contribution in [3.8, 4) is 0 Å². The molecule has 1 aliphatic rings. The zero-order valence-electron chi connectivity index (χ0n) is 12.7. The molecule has 110 valence electrons. The topological polar surface area (TPSA) is 32.3 Å². The second kappa shape index (κ2) is 7.44. The van der Waals surface area contributed by atoms with Gasteiger partial charge in [-0.3, -0.25) is 4.79 Å². The SMILES string of the molecule is CC(=O)c1ccc(NCC(C)CN2CCCCC2)cc1. The van der Waals surface area contributed by atoms with E-state index >= 15 is 0 Å². The Balaban J connectivity index is 1.74. The monoisotopic (exact) mass is 274 g/mol. The third-order valence-electron chi connectivity index (χ3n) is 3.96. The molecule has 1 N–H and O–H groups in total. The Bertz CT molecular complexity index is 421. The molecule has 20 heavy (non-hydrogen) atoms. The molecule has 0 radical (unpaired) electrons. The molecule has 1 unspecified atom stereocenters. The van der Waals surface area contributed by atoms with Crippen LogP contribution in [0.3, 0.4) is 0 Å². The smallest absolute Gasteiger partial charge is 0.159 e. The summed E-state index contributed by atoms with van der Waals surface area (Å²) in [6.45, 7) is 8.58. The van der Waals surface area contributed by atoms with Crippen molar-refractivity contribution < 1.29 is 4.79 Å². The lowest BCUT2D eigenvalue weighted by Crippen LogP contribution is -2.35. The summed E-state index contributed by atoms with van der Waals surface area (Å²) in [5, 5.41) is 3.46. The summed E-state index contributed by atoms with van der Waals surface area (Å²) in [4.78, 5) is 13.8. The number of hydrogen-bond donors (Lipinski definition) is 1. The fourth-order valence-corrected chi connectivity index (χ4v) is 2.76. The quantitative estimate of drug-likeness (QED) is 0.807. The minimum Gasteiger partial charge on any atom is -0.385 e. The molecule has 0 spiro atoms. The van der Waals surface area contributed by atoms with Gasteiger partial charge >= 0.3 is 0 Å². The summed E-state index contributed by atoms with van der Waals surface area (Å²) in [6, 6.07) is 7.76. The molecule has 3 heteroatoms. The normalized spacial score (nSPS) is 17.7. The van der Waals surface area contributed by atoms with Crippen LogP contribution in [0.5, 0.6) is 0 Å². The third-order valence-corrected chi connectivity index (χ3v) is 3.96. The number of ketones is 1. The van der Waals surface area contributed by atoms with Crippen LogP contribution in [0, 0.1) is 5.92 Å². The summed E-state index contributed by atoms with van der Waals surface area (Å²) >= 11 is 0. The van der Waals surface area contributed by atoms with Gasteiger partial charge in [0.2, 0.25) is 0 Å². The number of piperidine rings is 1. The second-order valence-corrected chi connectivity index (χ2v) is 5.98. The Morgan fingerprint density at radius 3 is 2.45 bits per heavy atom. The number of likely N-dealkylation sites (tertiary alicyclic amines) is 1. The number of nitrogens with zero attached hydrogens (tertiary/aromatic N) is 1. The van der Waals surface area contributed by atoms with E-state index in [9.17, 15) is 4.79 Å². The van der Waals surface area contributed by atoms with E-state index in [4.69, 9.17) is 0 Å². The average Bonchev–Trinajstić information content (AvgIpc) is 2.46. The van der Waals surface area contributed by atoms with Crippen molar-refractivity contribution >= 4 is 11.5 Å². The van der Waals surface area contributed by atoms with Crippen molar-refractivity contribution in [2.45, 2.75) is 33.1 Å². The van der Waals surface area contributed by atoms with Crippen LogP contribution in [0.15, 0.2) is 24.3 Å². The molecule has 2 rings (SSSR count). The third kappa shape index (κ3) is 4.64. The van der Waals surface area contributed by atoms with Crippen molar-refractivity contribution in [1.82, 2.24) is 4.90 Å². The predicted octanol–water partition coefficient (Wildman–Crippen LogP) is 3.42. The second-order valence-electron chi connectivity index (χ2n) is 5.98. The zero-order valence-corrected chi connectivity index (χ0v) is 12.7. The highest BCUT2D eigenvalue weighted by Crippen LogP contribution is 2.13. The lowest BCUT2D eigenvalue weighted by molar-refractivity contribution is 0.101. The molecule has 1 saturated heterocycles. The first-order chi connectivity index (χ1) is 9.65. The van der Waals surface area contributed by atoms with Crippen LogP contribution in [0.1, 0.15) is 43.5 Å². The molecule has 0 saturated carbocycles. The predicted molar refractivity (Wildman–Crippen MR) is 84.4 cm³/mol. The van der Waals surface area contributed by atoms with Gasteiger partial charge < -0.3 is 10.2 Å². The number of carbonyl (C=O) groups excluding carboxylic acids is 1. The average molecular weight is 274 g/mol. The molecule has 0 aromatic heterocycles. The van der Waals surface area contributed by atoms with Gasteiger partial charge in [-0.25, -0.2) is 0 Å². The van der Waals surface area contributed by atoms with Gasteiger partial charge in [0.15, 0.2) is 5.78 Å². The van der Waals surface area contributed by atoms with E-state index in [0.717, 1.165) is 17.8 Å². The highest BCUT2D eigenvalue weighted by molar-refractivity contribution is 5.94. The van der Waals surface area contributed by atoms with Crippen molar-refractivity contribution in [2.24, 2.45) is 5.92 Å².